The third kappa shape index (κ3) is 3.13. The fourth-order valence-corrected chi connectivity index (χ4v) is 2.97. The van der Waals surface area contributed by atoms with Crippen molar-refractivity contribution in [2.75, 3.05) is 7.05 Å². The fourth-order valence-electron chi connectivity index (χ4n) is 2.77. The maximum atomic E-state index is 12.8. The summed E-state index contributed by atoms with van der Waals surface area (Å²) in [6.07, 6.45) is 0. The van der Waals surface area contributed by atoms with Gasteiger partial charge in [-0.05, 0) is 42.9 Å². The largest absolute Gasteiger partial charge is 0.335 e. The molecule has 1 aromatic heterocycles. The number of fused-ring (bicyclic) bond motifs is 1. The first-order chi connectivity index (χ1) is 11.9. The minimum Gasteiger partial charge on any atom is -0.335 e. The number of hydrogen-bond donors (Lipinski definition) is 1. The number of benzene rings is 2. The molecule has 0 aliphatic carbocycles. The van der Waals surface area contributed by atoms with Crippen molar-refractivity contribution in [2.24, 2.45) is 7.05 Å². The Hall–Kier alpha value is -2.73. The molecular weight excluding hydrogens is 334 g/mol. The number of rotatable bonds is 3. The molecule has 1 N–H and O–H groups in total. The van der Waals surface area contributed by atoms with E-state index >= 15 is 0 Å². The molecule has 1 amide bonds. The Morgan fingerprint density at radius 3 is 2.56 bits per heavy atom. The fraction of sp³-hybridized carbons (Fsp3) is 0.211. The van der Waals surface area contributed by atoms with E-state index in [2.05, 4.69) is 4.98 Å². The maximum absolute atomic E-state index is 12.8. The lowest BCUT2D eigenvalue weighted by molar-refractivity contribution is 0.0743. The topological polar surface area (TPSA) is 58.1 Å². The summed E-state index contributed by atoms with van der Waals surface area (Å²) in [4.78, 5) is 29.8. The van der Waals surface area contributed by atoms with Crippen molar-refractivity contribution in [3.8, 4) is 0 Å². The average Bonchev–Trinajstić information content (AvgIpc) is 2.64. The number of aromatic nitrogens is 2. The first-order valence-electron chi connectivity index (χ1n) is 7.95. The zero-order chi connectivity index (χ0) is 18.1. The highest BCUT2D eigenvalue weighted by Crippen LogP contribution is 2.21. The molecule has 0 fully saturated rings. The number of hydrogen-bond acceptors (Lipinski definition) is 3. The number of H-pyrrole nitrogens is 1. The Labute approximate surface area is 150 Å². The van der Waals surface area contributed by atoms with Gasteiger partial charge in [0, 0.05) is 19.7 Å². The predicted octanol–water partition coefficient (Wildman–Crippen LogP) is 3.43. The van der Waals surface area contributed by atoms with Crippen LogP contribution in [0.15, 0.2) is 53.3 Å². The van der Waals surface area contributed by atoms with Gasteiger partial charge in [-0.25, -0.2) is 0 Å². The molecule has 5 nitrogen and oxygen atoms in total. The van der Waals surface area contributed by atoms with E-state index < -0.39 is 0 Å². The van der Waals surface area contributed by atoms with Gasteiger partial charge in [-0.1, -0.05) is 30.3 Å². The van der Waals surface area contributed by atoms with Gasteiger partial charge in [0.25, 0.3) is 11.5 Å². The highest BCUT2D eigenvalue weighted by atomic mass is 32.1. The van der Waals surface area contributed by atoms with Crippen LogP contribution in [0.3, 0.4) is 0 Å². The second kappa shape index (κ2) is 6.64. The van der Waals surface area contributed by atoms with Crippen molar-refractivity contribution >= 4 is 29.0 Å². The highest BCUT2D eigenvalue weighted by molar-refractivity contribution is 7.71. The quantitative estimate of drug-likeness (QED) is 0.734. The number of carbonyl (C=O) groups excluding carboxylic acids is 1. The van der Waals surface area contributed by atoms with E-state index in [-0.39, 0.29) is 17.5 Å². The summed E-state index contributed by atoms with van der Waals surface area (Å²) in [6.45, 7) is 1.98. The first kappa shape index (κ1) is 17.1. The number of nitrogens with zero attached hydrogens (tertiary/aromatic N) is 2. The molecular formula is C19H19N3O2S. The first-order valence-corrected chi connectivity index (χ1v) is 8.36. The highest BCUT2D eigenvalue weighted by Gasteiger charge is 2.19. The second-order valence-corrected chi connectivity index (χ2v) is 6.44. The van der Waals surface area contributed by atoms with E-state index in [1.165, 1.54) is 4.57 Å². The molecule has 0 spiro atoms. The molecule has 0 bridgehead atoms. The summed E-state index contributed by atoms with van der Waals surface area (Å²) >= 11 is 5.15. The van der Waals surface area contributed by atoms with Crippen LogP contribution in [-0.4, -0.2) is 27.4 Å². The van der Waals surface area contributed by atoms with Crippen molar-refractivity contribution < 1.29 is 4.79 Å². The average molecular weight is 353 g/mol. The molecule has 2 aromatic carbocycles. The van der Waals surface area contributed by atoms with Gasteiger partial charge in [0.05, 0.1) is 16.9 Å². The van der Waals surface area contributed by atoms with Gasteiger partial charge in [-0.3, -0.25) is 14.2 Å². The summed E-state index contributed by atoms with van der Waals surface area (Å²) < 4.78 is 1.70. The van der Waals surface area contributed by atoms with Gasteiger partial charge in [-0.2, -0.15) is 0 Å². The van der Waals surface area contributed by atoms with Crippen LogP contribution in [0, 0.1) is 4.77 Å². The normalized spacial score (nSPS) is 12.1. The Balaban J connectivity index is 1.98. The smallest absolute Gasteiger partial charge is 0.261 e. The minimum absolute atomic E-state index is 0.0634. The maximum Gasteiger partial charge on any atom is 0.261 e. The monoisotopic (exact) mass is 353 g/mol. The van der Waals surface area contributed by atoms with Crippen LogP contribution in [0.4, 0.5) is 0 Å². The van der Waals surface area contributed by atoms with Crippen molar-refractivity contribution in [3.05, 3.63) is 74.8 Å². The Morgan fingerprint density at radius 1 is 1.20 bits per heavy atom. The van der Waals surface area contributed by atoms with Crippen LogP contribution in [0.5, 0.6) is 0 Å². The number of nitrogens with one attached hydrogen (secondary N) is 1. The van der Waals surface area contributed by atoms with Gasteiger partial charge < -0.3 is 9.88 Å². The van der Waals surface area contributed by atoms with Crippen LogP contribution >= 0.6 is 12.2 Å². The summed E-state index contributed by atoms with van der Waals surface area (Å²) in [6, 6.07) is 14.8. The van der Waals surface area contributed by atoms with Crippen molar-refractivity contribution in [1.29, 1.82) is 0 Å². The SMILES string of the molecule is C[C@@H](c1ccccc1)N(C)C(=O)c1ccc2c(=O)n(C)c(=S)[nH]c2c1. The van der Waals surface area contributed by atoms with Crippen LogP contribution in [-0.2, 0) is 7.05 Å². The molecule has 25 heavy (non-hydrogen) atoms. The van der Waals surface area contributed by atoms with Crippen molar-refractivity contribution in [3.63, 3.8) is 0 Å². The Morgan fingerprint density at radius 2 is 1.88 bits per heavy atom. The Bertz CT molecular complexity index is 1050. The van der Waals surface area contributed by atoms with E-state index in [4.69, 9.17) is 12.2 Å². The third-order valence-electron chi connectivity index (χ3n) is 4.53. The van der Waals surface area contributed by atoms with Crippen LogP contribution < -0.4 is 5.56 Å². The van der Waals surface area contributed by atoms with Crippen LogP contribution in [0.25, 0.3) is 10.9 Å². The van der Waals surface area contributed by atoms with E-state index in [0.29, 0.717) is 21.2 Å². The molecule has 0 radical (unpaired) electrons. The molecule has 128 valence electrons. The van der Waals surface area contributed by atoms with E-state index in [1.54, 1.807) is 37.2 Å². The zero-order valence-electron chi connectivity index (χ0n) is 14.3. The molecule has 1 atom stereocenters. The van der Waals surface area contributed by atoms with Crippen LogP contribution in [0.1, 0.15) is 28.9 Å². The van der Waals surface area contributed by atoms with Gasteiger partial charge in [0.15, 0.2) is 4.77 Å². The number of amides is 1. The van der Waals surface area contributed by atoms with Gasteiger partial charge in [-0.15, -0.1) is 0 Å². The predicted molar refractivity (Wildman–Crippen MR) is 101 cm³/mol. The zero-order valence-corrected chi connectivity index (χ0v) is 15.1. The Kier molecular flexibility index (Phi) is 4.55. The molecule has 3 aromatic rings. The lowest BCUT2D eigenvalue weighted by Crippen LogP contribution is -2.29. The summed E-state index contributed by atoms with van der Waals surface area (Å²) in [5, 5.41) is 0.506. The van der Waals surface area contributed by atoms with Gasteiger partial charge in [0.1, 0.15) is 0 Å². The summed E-state index contributed by atoms with van der Waals surface area (Å²) in [5.41, 5.74) is 1.97. The number of aromatic amines is 1. The summed E-state index contributed by atoms with van der Waals surface area (Å²) in [7, 11) is 3.39. The molecule has 0 unspecified atom stereocenters. The van der Waals surface area contributed by atoms with Gasteiger partial charge >= 0.3 is 0 Å². The molecule has 3 rings (SSSR count). The lowest BCUT2D eigenvalue weighted by atomic mass is 10.1. The number of carbonyl (C=O) groups is 1. The molecule has 0 saturated heterocycles. The van der Waals surface area contributed by atoms with E-state index in [9.17, 15) is 9.59 Å². The van der Waals surface area contributed by atoms with Crippen LogP contribution in [0.2, 0.25) is 0 Å². The summed E-state index contributed by atoms with van der Waals surface area (Å²) in [5.74, 6) is -0.113. The third-order valence-corrected chi connectivity index (χ3v) is 4.91. The van der Waals surface area contributed by atoms with Crippen molar-refractivity contribution in [2.45, 2.75) is 13.0 Å². The molecule has 0 aliphatic rings. The molecule has 0 saturated carbocycles. The molecule has 0 aliphatic heterocycles. The second-order valence-electron chi connectivity index (χ2n) is 6.06. The molecule has 1 heterocycles. The van der Waals surface area contributed by atoms with E-state index in [0.717, 1.165) is 5.56 Å². The van der Waals surface area contributed by atoms with E-state index in [1.807, 2.05) is 37.3 Å². The van der Waals surface area contributed by atoms with Crippen molar-refractivity contribution in [1.82, 2.24) is 14.5 Å². The standard InChI is InChI=1S/C19H19N3O2S/c1-12(13-7-5-4-6-8-13)21(2)17(23)14-9-10-15-16(11-14)20-19(25)22(3)18(15)24/h4-12H,1-3H3,(H,20,25)/t12-/m0/s1. The lowest BCUT2D eigenvalue weighted by Gasteiger charge is -2.25. The molecule has 6 heteroatoms. The minimum atomic E-state index is -0.177. The van der Waals surface area contributed by atoms with Gasteiger partial charge in [0.2, 0.25) is 0 Å².